The summed E-state index contributed by atoms with van der Waals surface area (Å²) in [6.45, 7) is 4.29. The zero-order valence-corrected chi connectivity index (χ0v) is 20.2. The normalized spacial score (nSPS) is 15.1. The average molecular weight is 485 g/mol. The van der Waals surface area contributed by atoms with Gasteiger partial charge in [-0.3, -0.25) is 0 Å². The van der Waals surface area contributed by atoms with E-state index in [-0.39, 0.29) is 0 Å². The number of benzene rings is 2. The Kier molecular flexibility index (Phi) is 7.25. The van der Waals surface area contributed by atoms with Gasteiger partial charge < -0.3 is 14.8 Å². The summed E-state index contributed by atoms with van der Waals surface area (Å²) in [6, 6.07) is 14.7. The first kappa shape index (κ1) is 23.2. The Bertz CT molecular complexity index is 1190. The van der Waals surface area contributed by atoms with E-state index in [1.165, 1.54) is 7.11 Å². The van der Waals surface area contributed by atoms with Gasteiger partial charge in [-0.05, 0) is 37.1 Å². The second-order valence-corrected chi connectivity index (χ2v) is 8.99. The van der Waals surface area contributed by atoms with Crippen LogP contribution in [0, 0.1) is 0 Å². The fourth-order valence-corrected chi connectivity index (χ4v) is 4.49. The number of fused-ring (bicyclic) bond motifs is 1. The summed E-state index contributed by atoms with van der Waals surface area (Å²) in [5, 5.41) is 9.20. The molecule has 0 amide bonds. The van der Waals surface area contributed by atoms with E-state index >= 15 is 0 Å². The molecule has 33 heavy (non-hydrogen) atoms. The molecule has 2 aromatic carbocycles. The van der Waals surface area contributed by atoms with Crippen LogP contribution in [0.5, 0.6) is 5.75 Å². The zero-order valence-electron chi connectivity index (χ0n) is 18.7. The minimum absolute atomic E-state index is 0.334. The molecule has 3 aromatic rings. The van der Waals surface area contributed by atoms with Crippen molar-refractivity contribution in [1.82, 2.24) is 14.8 Å². The highest BCUT2D eigenvalue weighted by Gasteiger charge is 2.35. The second-order valence-electron chi connectivity index (χ2n) is 7.52. The van der Waals surface area contributed by atoms with Gasteiger partial charge in [-0.1, -0.05) is 60.6 Å². The molecule has 2 heterocycles. The quantitative estimate of drug-likeness (QED) is 0.335. The van der Waals surface area contributed by atoms with Gasteiger partial charge in [0, 0.05) is 22.0 Å². The third-order valence-electron chi connectivity index (χ3n) is 5.20. The van der Waals surface area contributed by atoms with Crippen molar-refractivity contribution in [2.24, 2.45) is 0 Å². The molecule has 0 radical (unpaired) electrons. The maximum Gasteiger partial charge on any atom is 0.338 e. The molecule has 1 N–H and O–H groups in total. The Balaban J connectivity index is 1.69. The van der Waals surface area contributed by atoms with E-state index in [0.29, 0.717) is 39.8 Å². The van der Waals surface area contributed by atoms with E-state index in [2.05, 4.69) is 22.3 Å². The molecule has 7 nitrogen and oxygen atoms in total. The van der Waals surface area contributed by atoms with Gasteiger partial charge in [0.1, 0.15) is 18.4 Å². The van der Waals surface area contributed by atoms with Gasteiger partial charge in [-0.25, -0.2) is 9.48 Å². The molecule has 1 atom stereocenters. The molecule has 1 aromatic heterocycles. The van der Waals surface area contributed by atoms with Crippen LogP contribution < -0.4 is 10.1 Å². The Morgan fingerprint density at radius 2 is 2.06 bits per heavy atom. The van der Waals surface area contributed by atoms with Crippen molar-refractivity contribution < 1.29 is 14.3 Å². The van der Waals surface area contributed by atoms with Crippen LogP contribution in [0.3, 0.4) is 0 Å². The van der Waals surface area contributed by atoms with Gasteiger partial charge in [0.05, 0.1) is 12.7 Å². The molecule has 0 saturated heterocycles. The smallest absolute Gasteiger partial charge is 0.338 e. The lowest BCUT2D eigenvalue weighted by Crippen LogP contribution is -2.29. The van der Waals surface area contributed by atoms with Gasteiger partial charge in [0.15, 0.2) is 0 Å². The Morgan fingerprint density at radius 1 is 1.24 bits per heavy atom. The second kappa shape index (κ2) is 10.3. The SMILES string of the molecule is CCCSc1nc2n(n1)C(c1cccc(OCc3ccccc3Cl)c1)C(C(=O)OC)=C(C)N2. The number of allylic oxidation sites excluding steroid dienone is 1. The summed E-state index contributed by atoms with van der Waals surface area (Å²) in [7, 11) is 1.38. The number of methoxy groups -OCH3 is 1. The molecule has 0 aliphatic carbocycles. The summed E-state index contributed by atoms with van der Waals surface area (Å²) in [6.07, 6.45) is 1.01. The van der Waals surface area contributed by atoms with Gasteiger partial charge in [-0.15, -0.1) is 5.10 Å². The summed E-state index contributed by atoms with van der Waals surface area (Å²) in [5.41, 5.74) is 2.89. The number of ether oxygens (including phenoxy) is 2. The lowest BCUT2D eigenvalue weighted by molar-refractivity contribution is -0.136. The molecule has 0 fully saturated rings. The van der Waals surface area contributed by atoms with Crippen molar-refractivity contribution in [3.63, 3.8) is 0 Å². The number of thioether (sulfide) groups is 1. The third-order valence-corrected chi connectivity index (χ3v) is 6.61. The molecule has 0 bridgehead atoms. The molecule has 9 heteroatoms. The first-order valence-corrected chi connectivity index (χ1v) is 12.0. The van der Waals surface area contributed by atoms with Crippen molar-refractivity contribution in [2.45, 2.75) is 38.1 Å². The average Bonchev–Trinajstić information content (AvgIpc) is 3.23. The monoisotopic (exact) mass is 484 g/mol. The predicted molar refractivity (Wildman–Crippen MR) is 130 cm³/mol. The molecule has 1 unspecified atom stereocenters. The molecule has 1 aliphatic heterocycles. The van der Waals surface area contributed by atoms with Gasteiger partial charge in [0.2, 0.25) is 11.1 Å². The number of hydrogen-bond acceptors (Lipinski definition) is 7. The van der Waals surface area contributed by atoms with Crippen LogP contribution >= 0.6 is 23.4 Å². The fourth-order valence-electron chi connectivity index (χ4n) is 3.62. The minimum atomic E-state index is -0.499. The molecular formula is C24H25ClN4O3S. The molecule has 0 saturated carbocycles. The van der Waals surface area contributed by atoms with Crippen molar-refractivity contribution in [3.05, 3.63) is 76.0 Å². The summed E-state index contributed by atoms with van der Waals surface area (Å²) < 4.78 is 12.9. The highest BCUT2D eigenvalue weighted by Crippen LogP contribution is 2.37. The Labute approximate surface area is 202 Å². The maximum absolute atomic E-state index is 12.8. The summed E-state index contributed by atoms with van der Waals surface area (Å²) in [4.78, 5) is 17.4. The van der Waals surface area contributed by atoms with Crippen molar-refractivity contribution in [2.75, 3.05) is 18.2 Å². The van der Waals surface area contributed by atoms with Crippen LogP contribution in [0.4, 0.5) is 5.95 Å². The van der Waals surface area contributed by atoms with E-state index in [9.17, 15) is 4.79 Å². The number of carbonyl (C=O) groups is 1. The van der Waals surface area contributed by atoms with Crippen LogP contribution in [0.25, 0.3) is 0 Å². The minimum Gasteiger partial charge on any atom is -0.489 e. The van der Waals surface area contributed by atoms with Gasteiger partial charge in [-0.2, -0.15) is 4.98 Å². The number of carbonyl (C=O) groups excluding carboxylic acids is 1. The first-order chi connectivity index (χ1) is 16.0. The van der Waals surface area contributed by atoms with Crippen LogP contribution in [0.1, 0.15) is 37.4 Å². The summed E-state index contributed by atoms with van der Waals surface area (Å²) in [5.74, 6) is 1.74. The van der Waals surface area contributed by atoms with E-state index in [4.69, 9.17) is 21.1 Å². The first-order valence-electron chi connectivity index (χ1n) is 10.6. The molecule has 1 aliphatic rings. The molecule has 172 valence electrons. The molecule has 4 rings (SSSR count). The van der Waals surface area contributed by atoms with E-state index in [1.807, 2.05) is 55.5 Å². The topological polar surface area (TPSA) is 78.3 Å². The number of nitrogens with one attached hydrogen (secondary N) is 1. The highest BCUT2D eigenvalue weighted by atomic mass is 35.5. The van der Waals surface area contributed by atoms with E-state index in [1.54, 1.807) is 16.4 Å². The molecular weight excluding hydrogens is 460 g/mol. The largest absolute Gasteiger partial charge is 0.489 e. The number of anilines is 1. The highest BCUT2D eigenvalue weighted by molar-refractivity contribution is 7.99. The Hall–Kier alpha value is -2.97. The van der Waals surface area contributed by atoms with Crippen LogP contribution in [0.2, 0.25) is 5.02 Å². The maximum atomic E-state index is 12.8. The van der Waals surface area contributed by atoms with Gasteiger partial charge >= 0.3 is 5.97 Å². The number of rotatable bonds is 8. The molecule has 0 spiro atoms. The Morgan fingerprint density at radius 3 is 2.82 bits per heavy atom. The van der Waals surface area contributed by atoms with Crippen molar-refractivity contribution in [3.8, 4) is 5.75 Å². The van der Waals surface area contributed by atoms with Crippen LogP contribution in [-0.4, -0.2) is 33.6 Å². The van der Waals surface area contributed by atoms with Gasteiger partial charge in [0.25, 0.3) is 0 Å². The lowest BCUT2D eigenvalue weighted by atomic mass is 9.95. The summed E-state index contributed by atoms with van der Waals surface area (Å²) >= 11 is 7.84. The number of hydrogen-bond donors (Lipinski definition) is 1. The number of aromatic nitrogens is 3. The van der Waals surface area contributed by atoms with Crippen molar-refractivity contribution >= 4 is 35.3 Å². The number of nitrogens with zero attached hydrogens (tertiary/aromatic N) is 3. The van der Waals surface area contributed by atoms with Crippen LogP contribution in [0.15, 0.2) is 65.0 Å². The van der Waals surface area contributed by atoms with Crippen LogP contribution in [-0.2, 0) is 16.1 Å². The number of esters is 1. The fraction of sp³-hybridized carbons (Fsp3) is 0.292. The van der Waals surface area contributed by atoms with E-state index in [0.717, 1.165) is 23.3 Å². The predicted octanol–water partition coefficient (Wildman–Crippen LogP) is 5.47. The zero-order chi connectivity index (χ0) is 23.4. The third kappa shape index (κ3) is 5.02. The lowest BCUT2D eigenvalue weighted by Gasteiger charge is -2.28. The van der Waals surface area contributed by atoms with E-state index < -0.39 is 12.0 Å². The standard InChI is InChI=1S/C24H25ClN4O3S/c1-4-12-33-24-27-23-26-15(2)20(22(30)31-3)21(29(23)28-24)16-9-7-10-18(13-16)32-14-17-8-5-6-11-19(17)25/h5-11,13,21H,4,12,14H2,1-3H3,(H,26,27,28). The number of halogens is 1. The van der Waals surface area contributed by atoms with Crippen molar-refractivity contribution in [1.29, 1.82) is 0 Å².